The van der Waals surface area contributed by atoms with Crippen molar-refractivity contribution in [1.29, 1.82) is 0 Å². The fourth-order valence-corrected chi connectivity index (χ4v) is 7.57. The molecule has 44 heavy (non-hydrogen) atoms. The largest absolute Gasteiger partial charge is 0.392 e. The average Bonchev–Trinajstić information content (AvgIpc) is 3.86. The van der Waals surface area contributed by atoms with Gasteiger partial charge in [-0.15, -0.1) is 0 Å². The van der Waals surface area contributed by atoms with Crippen LogP contribution in [-0.2, 0) is 9.59 Å². The molecule has 8 rings (SSSR count). The molecule has 12 heteroatoms. The number of imidazole rings is 2. The number of fused-ring (bicyclic) bond motifs is 2. The fraction of sp³-hybridized carbons (Fsp3) is 0.500. The monoisotopic (exact) mass is 598 g/mol. The van der Waals surface area contributed by atoms with Gasteiger partial charge in [-0.3, -0.25) is 9.59 Å². The quantitative estimate of drug-likeness (QED) is 0.203. The number of benzene rings is 2. The number of amides is 2. The minimum Gasteiger partial charge on any atom is -0.392 e. The van der Waals surface area contributed by atoms with E-state index in [2.05, 4.69) is 44.9 Å². The Hall–Kier alpha value is -3.84. The van der Waals surface area contributed by atoms with Crippen molar-refractivity contribution in [3.63, 3.8) is 0 Å². The lowest BCUT2D eigenvalue weighted by atomic mass is 10.0. The maximum atomic E-state index is 13.2. The SMILES string of the molecule is O=C([C@H]1C[C@H](O)CN1)N1CCC[C@H]1c1nc2cc(-c3ccc4[nH]c([C@@H]5CCCN5C(=O)[C@H]5C[C@H](O)CN5)nc4c3)ccc2[nH]1. The lowest BCUT2D eigenvalue weighted by Gasteiger charge is -2.26. The molecule has 4 fully saturated rings. The number of aromatic nitrogens is 4. The molecule has 2 aromatic heterocycles. The van der Waals surface area contributed by atoms with E-state index < -0.39 is 12.2 Å². The van der Waals surface area contributed by atoms with E-state index in [1.807, 2.05) is 21.9 Å². The van der Waals surface area contributed by atoms with Gasteiger partial charge in [-0.1, -0.05) is 12.1 Å². The van der Waals surface area contributed by atoms with Gasteiger partial charge in [-0.25, -0.2) is 9.97 Å². The van der Waals surface area contributed by atoms with Crippen LogP contribution >= 0.6 is 0 Å². The van der Waals surface area contributed by atoms with E-state index in [4.69, 9.17) is 9.97 Å². The number of aliphatic hydroxyl groups is 2. The van der Waals surface area contributed by atoms with Crippen LogP contribution in [0.4, 0.5) is 0 Å². The number of likely N-dealkylation sites (tertiary alicyclic amines) is 2. The van der Waals surface area contributed by atoms with Gasteiger partial charge in [-0.05, 0) is 73.9 Å². The van der Waals surface area contributed by atoms with E-state index in [9.17, 15) is 19.8 Å². The number of β-amino-alcohol motifs (C(OH)–C–C–N with tert-alkyl or cyclic N) is 2. The molecule has 4 saturated heterocycles. The van der Waals surface area contributed by atoms with Crippen molar-refractivity contribution in [2.75, 3.05) is 26.2 Å². The molecular weight excluding hydrogens is 560 g/mol. The molecule has 6 heterocycles. The molecule has 2 aromatic carbocycles. The third-order valence-electron chi connectivity index (χ3n) is 9.85. The molecule has 4 aliphatic rings. The summed E-state index contributed by atoms with van der Waals surface area (Å²) >= 11 is 0. The number of rotatable bonds is 5. The summed E-state index contributed by atoms with van der Waals surface area (Å²) in [7, 11) is 0. The number of hydrogen-bond acceptors (Lipinski definition) is 8. The number of carbonyl (C=O) groups is 2. The summed E-state index contributed by atoms with van der Waals surface area (Å²) in [5.41, 5.74) is 5.59. The first-order chi connectivity index (χ1) is 21.4. The standard InChI is InChI=1S/C32H38N8O4/c41-19-13-25(33-15-19)31(43)39-9-1-3-27(39)29-35-21-7-5-17(11-23(21)37-29)18-6-8-22-24(12-18)38-30(36-22)28-4-2-10-40(28)32(44)26-14-20(42)16-34-26/h5-8,11-12,19-20,25-28,33-34,41-42H,1-4,9-10,13-16H2,(H,35,37)(H,36,38)/t19-,20-,25+,26+,27-,28-/m0/s1. The second-order valence-electron chi connectivity index (χ2n) is 12.8. The van der Waals surface area contributed by atoms with Crippen LogP contribution in [0.5, 0.6) is 0 Å². The maximum Gasteiger partial charge on any atom is 0.240 e. The number of H-pyrrole nitrogens is 2. The Kier molecular flexibility index (Phi) is 6.89. The van der Waals surface area contributed by atoms with Crippen LogP contribution in [-0.4, -0.2) is 102 Å². The van der Waals surface area contributed by atoms with Crippen molar-refractivity contribution in [2.24, 2.45) is 0 Å². The molecule has 4 aliphatic heterocycles. The predicted molar refractivity (Wildman–Crippen MR) is 163 cm³/mol. The minimum atomic E-state index is -0.474. The summed E-state index contributed by atoms with van der Waals surface area (Å²) in [6.07, 6.45) is 3.52. The molecule has 2 amide bonds. The molecule has 0 saturated carbocycles. The number of hydrogen-bond donors (Lipinski definition) is 6. The molecule has 6 atom stereocenters. The van der Waals surface area contributed by atoms with Gasteiger partial charge in [0.15, 0.2) is 0 Å². The predicted octanol–water partition coefficient (Wildman–Crippen LogP) is 1.88. The van der Waals surface area contributed by atoms with Gasteiger partial charge in [0.2, 0.25) is 11.8 Å². The second-order valence-corrected chi connectivity index (χ2v) is 12.8. The molecular formula is C32H38N8O4. The van der Waals surface area contributed by atoms with Crippen LogP contribution in [0.3, 0.4) is 0 Å². The Labute approximate surface area is 254 Å². The zero-order valence-corrected chi connectivity index (χ0v) is 24.5. The molecule has 230 valence electrons. The molecule has 4 aromatic rings. The van der Waals surface area contributed by atoms with Crippen molar-refractivity contribution in [1.82, 2.24) is 40.4 Å². The lowest BCUT2D eigenvalue weighted by molar-refractivity contribution is -0.135. The van der Waals surface area contributed by atoms with Gasteiger partial charge in [0.1, 0.15) is 11.6 Å². The van der Waals surface area contributed by atoms with E-state index in [0.29, 0.717) is 39.0 Å². The van der Waals surface area contributed by atoms with Crippen LogP contribution in [0.25, 0.3) is 33.2 Å². The summed E-state index contributed by atoms with van der Waals surface area (Å²) in [5.74, 6) is 1.67. The molecule has 12 nitrogen and oxygen atoms in total. The Bertz CT molecular complexity index is 1610. The maximum absolute atomic E-state index is 13.2. The third-order valence-corrected chi connectivity index (χ3v) is 9.85. The highest BCUT2D eigenvalue weighted by molar-refractivity contribution is 5.87. The normalized spacial score (nSPS) is 29.0. The van der Waals surface area contributed by atoms with Crippen LogP contribution in [0, 0.1) is 0 Å². The number of nitrogens with zero attached hydrogens (tertiary/aromatic N) is 4. The van der Waals surface area contributed by atoms with Crippen molar-refractivity contribution in [3.8, 4) is 11.1 Å². The van der Waals surface area contributed by atoms with Gasteiger partial charge in [0, 0.05) is 26.2 Å². The molecule has 0 radical (unpaired) electrons. The number of aromatic amines is 2. The second kappa shape index (κ2) is 11.0. The highest BCUT2D eigenvalue weighted by Crippen LogP contribution is 2.35. The molecule has 0 bridgehead atoms. The van der Waals surface area contributed by atoms with Gasteiger partial charge in [0.25, 0.3) is 0 Å². The van der Waals surface area contributed by atoms with Crippen molar-refractivity contribution in [3.05, 3.63) is 48.0 Å². The number of nitrogens with one attached hydrogen (secondary N) is 4. The lowest BCUT2D eigenvalue weighted by Crippen LogP contribution is -2.43. The summed E-state index contributed by atoms with van der Waals surface area (Å²) in [6.45, 7) is 2.30. The first-order valence-corrected chi connectivity index (χ1v) is 15.8. The Morgan fingerprint density at radius 1 is 0.705 bits per heavy atom. The number of aliphatic hydroxyl groups excluding tert-OH is 2. The molecule has 0 spiro atoms. The van der Waals surface area contributed by atoms with Crippen molar-refractivity contribution in [2.45, 2.75) is 74.9 Å². The van der Waals surface area contributed by atoms with Crippen LogP contribution in [0.1, 0.15) is 62.3 Å². The van der Waals surface area contributed by atoms with Crippen LogP contribution in [0.2, 0.25) is 0 Å². The molecule has 6 N–H and O–H groups in total. The highest BCUT2D eigenvalue weighted by atomic mass is 16.3. The Balaban J connectivity index is 1.03. The first kappa shape index (κ1) is 27.7. The smallest absolute Gasteiger partial charge is 0.240 e. The zero-order valence-electron chi connectivity index (χ0n) is 24.5. The van der Waals surface area contributed by atoms with Gasteiger partial charge < -0.3 is 40.6 Å². The topological polar surface area (TPSA) is 162 Å². The highest BCUT2D eigenvalue weighted by Gasteiger charge is 2.39. The minimum absolute atomic E-state index is 0.0379. The number of carbonyl (C=O) groups excluding carboxylic acids is 2. The summed E-state index contributed by atoms with van der Waals surface area (Å²) < 4.78 is 0. The van der Waals surface area contributed by atoms with E-state index >= 15 is 0 Å². The zero-order chi connectivity index (χ0) is 29.9. The Morgan fingerprint density at radius 2 is 1.16 bits per heavy atom. The molecule has 0 unspecified atom stereocenters. The van der Waals surface area contributed by atoms with E-state index in [-0.39, 0.29) is 36.0 Å². The van der Waals surface area contributed by atoms with Crippen molar-refractivity contribution < 1.29 is 19.8 Å². The van der Waals surface area contributed by atoms with Gasteiger partial charge >= 0.3 is 0 Å². The third kappa shape index (κ3) is 4.86. The van der Waals surface area contributed by atoms with Crippen molar-refractivity contribution >= 4 is 33.9 Å². The fourth-order valence-electron chi connectivity index (χ4n) is 7.57. The van der Waals surface area contributed by atoms with E-state index in [1.54, 1.807) is 0 Å². The van der Waals surface area contributed by atoms with Crippen LogP contribution < -0.4 is 10.6 Å². The van der Waals surface area contributed by atoms with E-state index in [1.165, 1.54) is 0 Å². The Morgan fingerprint density at radius 3 is 1.57 bits per heavy atom. The molecule has 0 aliphatic carbocycles. The summed E-state index contributed by atoms with van der Waals surface area (Å²) in [5, 5.41) is 26.1. The van der Waals surface area contributed by atoms with E-state index in [0.717, 1.165) is 70.5 Å². The summed E-state index contributed by atoms with van der Waals surface area (Å²) in [6, 6.07) is 11.5. The van der Waals surface area contributed by atoms with Gasteiger partial charge in [-0.2, -0.15) is 0 Å². The average molecular weight is 599 g/mol. The summed E-state index contributed by atoms with van der Waals surface area (Å²) in [4.78, 5) is 47.0. The first-order valence-electron chi connectivity index (χ1n) is 15.8. The van der Waals surface area contributed by atoms with Crippen LogP contribution in [0.15, 0.2) is 36.4 Å². The van der Waals surface area contributed by atoms with Gasteiger partial charge in [0.05, 0.1) is 58.4 Å².